The van der Waals surface area contributed by atoms with Crippen molar-refractivity contribution in [3.05, 3.63) is 0 Å². The Bertz CT molecular complexity index is 162. The second-order valence-electron chi connectivity index (χ2n) is 5.49. The first-order chi connectivity index (χ1) is 5.55. The van der Waals surface area contributed by atoms with Crippen LogP contribution in [0.5, 0.6) is 0 Å². The average molecular weight is 186 g/mol. The lowest BCUT2D eigenvalue weighted by Gasteiger charge is -2.47. The van der Waals surface area contributed by atoms with Gasteiger partial charge in [-0.25, -0.2) is 0 Å². The Labute approximate surface area is 81.2 Å². The van der Waals surface area contributed by atoms with Crippen molar-refractivity contribution in [1.29, 1.82) is 0 Å². The van der Waals surface area contributed by atoms with Crippen LogP contribution in [-0.4, -0.2) is 62.2 Å². The molecule has 1 N–H and O–H groups in total. The van der Waals surface area contributed by atoms with E-state index in [9.17, 15) is 0 Å². The Morgan fingerprint density at radius 2 is 1.54 bits per heavy atom. The van der Waals surface area contributed by atoms with E-state index in [-0.39, 0.29) is 5.48 Å². The summed E-state index contributed by atoms with van der Waals surface area (Å²) in [6.45, 7) is 5.44. The summed E-state index contributed by atoms with van der Waals surface area (Å²) in [6.07, 6.45) is 1.49. The Balaban J connectivity index is 0.000000845. The van der Waals surface area contributed by atoms with E-state index in [1.807, 2.05) is 0 Å². The Morgan fingerprint density at radius 3 is 2.00 bits per heavy atom. The van der Waals surface area contributed by atoms with Crippen LogP contribution in [0.15, 0.2) is 0 Å². The van der Waals surface area contributed by atoms with Crippen LogP contribution < -0.4 is 0 Å². The Kier molecular flexibility index (Phi) is 3.00. The minimum Gasteiger partial charge on any atom is -0.870 e. The second-order valence-corrected chi connectivity index (χ2v) is 5.49. The molecule has 13 heavy (non-hydrogen) atoms. The van der Waals surface area contributed by atoms with E-state index in [2.05, 4.69) is 26.0 Å². The number of hydrogen-bond acceptors (Lipinski definition) is 2. The molecule has 2 aliphatic heterocycles. The molecule has 2 bridgehead atoms. The quantitative estimate of drug-likeness (QED) is 0.515. The molecule has 0 aliphatic carbocycles. The summed E-state index contributed by atoms with van der Waals surface area (Å²) in [7, 11) is 7.03. The van der Waals surface area contributed by atoms with E-state index in [4.69, 9.17) is 0 Å². The van der Waals surface area contributed by atoms with Gasteiger partial charge in [-0.1, -0.05) is 0 Å². The fourth-order valence-electron chi connectivity index (χ4n) is 3.31. The number of rotatable bonds is 0. The second kappa shape index (κ2) is 3.56. The molecule has 0 saturated carbocycles. The van der Waals surface area contributed by atoms with Crippen molar-refractivity contribution in [1.82, 2.24) is 4.90 Å². The van der Waals surface area contributed by atoms with Crippen molar-refractivity contribution in [3.8, 4) is 0 Å². The molecule has 78 valence electrons. The van der Waals surface area contributed by atoms with Gasteiger partial charge in [0.2, 0.25) is 0 Å². The minimum atomic E-state index is 0. The molecule has 0 aromatic heterocycles. The monoisotopic (exact) mass is 186 g/mol. The highest BCUT2D eigenvalue weighted by Gasteiger charge is 2.38. The van der Waals surface area contributed by atoms with E-state index in [1.165, 1.54) is 37.1 Å². The van der Waals surface area contributed by atoms with Crippen LogP contribution in [0.4, 0.5) is 0 Å². The molecule has 2 heterocycles. The molecule has 3 heteroatoms. The van der Waals surface area contributed by atoms with E-state index < -0.39 is 0 Å². The zero-order valence-corrected chi connectivity index (χ0v) is 9.03. The molecular formula is C10H22N2O. The highest BCUT2D eigenvalue weighted by molar-refractivity contribution is 4.80. The largest absolute Gasteiger partial charge is 0.870 e. The van der Waals surface area contributed by atoms with Gasteiger partial charge in [-0.3, -0.25) is 0 Å². The van der Waals surface area contributed by atoms with Crippen LogP contribution in [0.1, 0.15) is 6.42 Å². The fraction of sp³-hybridized carbons (Fsp3) is 1.00. The van der Waals surface area contributed by atoms with Crippen molar-refractivity contribution in [3.63, 3.8) is 0 Å². The molecule has 2 fully saturated rings. The number of likely N-dealkylation sites (tertiary alicyclic amines) is 2. The van der Waals surface area contributed by atoms with Gasteiger partial charge in [0.15, 0.2) is 0 Å². The van der Waals surface area contributed by atoms with Gasteiger partial charge in [0.1, 0.15) is 0 Å². The summed E-state index contributed by atoms with van der Waals surface area (Å²) in [4.78, 5) is 2.51. The van der Waals surface area contributed by atoms with Gasteiger partial charge >= 0.3 is 0 Å². The summed E-state index contributed by atoms with van der Waals surface area (Å²) < 4.78 is 1.25. The summed E-state index contributed by atoms with van der Waals surface area (Å²) in [5, 5.41) is 0. The third kappa shape index (κ3) is 2.42. The Morgan fingerprint density at radius 1 is 1.08 bits per heavy atom. The summed E-state index contributed by atoms with van der Waals surface area (Å²) >= 11 is 0. The molecule has 0 spiro atoms. The SMILES string of the molecule is CN1CC2CC(C1)C[N+](C)(C)C2.[OH-]. The van der Waals surface area contributed by atoms with Crippen molar-refractivity contribution in [2.75, 3.05) is 47.3 Å². The first kappa shape index (κ1) is 11.0. The molecule has 2 rings (SSSR count). The smallest absolute Gasteiger partial charge is 0.0823 e. The summed E-state index contributed by atoms with van der Waals surface area (Å²) in [6, 6.07) is 0. The average Bonchev–Trinajstić information content (AvgIpc) is 1.78. The number of piperidine rings is 2. The van der Waals surface area contributed by atoms with Crippen molar-refractivity contribution in [2.24, 2.45) is 11.8 Å². The number of fused-ring (bicyclic) bond motifs is 2. The number of hydrogen-bond donors (Lipinski definition) is 0. The van der Waals surface area contributed by atoms with Gasteiger partial charge in [0.25, 0.3) is 0 Å². The van der Waals surface area contributed by atoms with Crippen LogP contribution in [-0.2, 0) is 0 Å². The van der Waals surface area contributed by atoms with E-state index in [0.717, 1.165) is 11.8 Å². The van der Waals surface area contributed by atoms with Gasteiger partial charge in [-0.2, -0.15) is 0 Å². The first-order valence-electron chi connectivity index (χ1n) is 5.06. The normalized spacial score (nSPS) is 38.1. The number of nitrogens with zero attached hydrogens (tertiary/aromatic N) is 2. The molecule has 2 aliphatic rings. The van der Waals surface area contributed by atoms with Crippen LogP contribution >= 0.6 is 0 Å². The molecule has 2 unspecified atom stereocenters. The van der Waals surface area contributed by atoms with Gasteiger partial charge in [-0.05, 0) is 13.5 Å². The van der Waals surface area contributed by atoms with Gasteiger partial charge in [-0.15, -0.1) is 0 Å². The van der Waals surface area contributed by atoms with E-state index >= 15 is 0 Å². The summed E-state index contributed by atoms with van der Waals surface area (Å²) in [5.74, 6) is 1.94. The van der Waals surface area contributed by atoms with Crippen LogP contribution in [0.25, 0.3) is 0 Å². The molecule has 0 aromatic carbocycles. The van der Waals surface area contributed by atoms with E-state index in [1.54, 1.807) is 0 Å². The maximum Gasteiger partial charge on any atom is 0.0823 e. The molecule has 3 nitrogen and oxygen atoms in total. The van der Waals surface area contributed by atoms with Crippen molar-refractivity contribution < 1.29 is 9.96 Å². The molecule has 2 atom stereocenters. The highest BCUT2D eigenvalue weighted by Crippen LogP contribution is 2.29. The van der Waals surface area contributed by atoms with Gasteiger partial charge in [0, 0.05) is 24.9 Å². The molecular weight excluding hydrogens is 164 g/mol. The standard InChI is InChI=1S/C10H21N2.H2O/c1-11-5-9-4-10(6-11)8-12(2,3)7-9;/h9-10H,4-8H2,1-3H3;1H2/q+1;/p-1. The van der Waals surface area contributed by atoms with Crippen molar-refractivity contribution >= 4 is 0 Å². The Hall–Kier alpha value is -0.120. The molecule has 0 aromatic rings. The fourth-order valence-corrected chi connectivity index (χ4v) is 3.31. The molecule has 0 radical (unpaired) electrons. The van der Waals surface area contributed by atoms with Crippen molar-refractivity contribution in [2.45, 2.75) is 6.42 Å². The third-order valence-electron chi connectivity index (χ3n) is 3.31. The lowest BCUT2D eigenvalue weighted by Crippen LogP contribution is -2.58. The van der Waals surface area contributed by atoms with Gasteiger partial charge in [0.05, 0.1) is 27.2 Å². The summed E-state index contributed by atoms with van der Waals surface area (Å²) in [5.41, 5.74) is 0. The zero-order valence-electron chi connectivity index (χ0n) is 9.03. The van der Waals surface area contributed by atoms with Crippen LogP contribution in [0.3, 0.4) is 0 Å². The maximum absolute atomic E-state index is 2.51. The lowest BCUT2D eigenvalue weighted by atomic mass is 9.84. The highest BCUT2D eigenvalue weighted by atomic mass is 16.0. The maximum atomic E-state index is 2.51. The topological polar surface area (TPSA) is 33.2 Å². The minimum absolute atomic E-state index is 0. The third-order valence-corrected chi connectivity index (χ3v) is 3.31. The molecule has 2 saturated heterocycles. The predicted octanol–water partition coefficient (Wildman–Crippen LogP) is 0.467. The van der Waals surface area contributed by atoms with Crippen LogP contribution in [0.2, 0.25) is 0 Å². The zero-order chi connectivity index (χ0) is 8.77. The predicted molar refractivity (Wildman–Crippen MR) is 52.9 cm³/mol. The number of quaternary nitrogens is 1. The lowest BCUT2D eigenvalue weighted by molar-refractivity contribution is -0.903. The van der Waals surface area contributed by atoms with Gasteiger partial charge < -0.3 is 14.9 Å². The molecule has 0 amide bonds. The van der Waals surface area contributed by atoms with E-state index in [0.29, 0.717) is 0 Å². The van der Waals surface area contributed by atoms with Crippen LogP contribution in [0, 0.1) is 11.8 Å². The first-order valence-corrected chi connectivity index (χ1v) is 5.06.